The summed E-state index contributed by atoms with van der Waals surface area (Å²) in [5.41, 5.74) is 0.873. The first kappa shape index (κ1) is 13.8. The van der Waals surface area contributed by atoms with Crippen LogP contribution in [0.5, 0.6) is 0 Å². The topological polar surface area (TPSA) is 65.5 Å². The SMILES string of the molecule is Cc1cc(NC(=O)N(C)CC2(O)CCCC2)ccn1. The Labute approximate surface area is 113 Å². The second-order valence-electron chi connectivity index (χ2n) is 5.40. The predicted molar refractivity (Wildman–Crippen MR) is 74.0 cm³/mol. The summed E-state index contributed by atoms with van der Waals surface area (Å²) in [6.07, 6.45) is 5.29. The summed E-state index contributed by atoms with van der Waals surface area (Å²) >= 11 is 0. The number of anilines is 1. The van der Waals surface area contributed by atoms with Crippen molar-refractivity contribution in [3.05, 3.63) is 24.0 Å². The Morgan fingerprint density at radius 3 is 2.84 bits per heavy atom. The molecule has 1 aromatic rings. The van der Waals surface area contributed by atoms with Crippen LogP contribution in [-0.4, -0.2) is 40.2 Å². The lowest BCUT2D eigenvalue weighted by Gasteiger charge is -2.28. The molecule has 2 rings (SSSR count). The third-order valence-corrected chi connectivity index (χ3v) is 3.56. The number of nitrogens with zero attached hydrogens (tertiary/aromatic N) is 2. The van der Waals surface area contributed by atoms with Gasteiger partial charge in [-0.1, -0.05) is 12.8 Å². The molecule has 19 heavy (non-hydrogen) atoms. The molecule has 1 fully saturated rings. The van der Waals surface area contributed by atoms with E-state index in [1.54, 1.807) is 24.2 Å². The Hall–Kier alpha value is -1.62. The van der Waals surface area contributed by atoms with E-state index < -0.39 is 5.60 Å². The number of pyridine rings is 1. The molecule has 104 valence electrons. The highest BCUT2D eigenvalue weighted by Gasteiger charge is 2.33. The molecule has 2 N–H and O–H groups in total. The maximum absolute atomic E-state index is 12.0. The second kappa shape index (κ2) is 5.57. The number of rotatable bonds is 3. The molecule has 0 atom stereocenters. The van der Waals surface area contributed by atoms with Gasteiger partial charge in [-0.15, -0.1) is 0 Å². The van der Waals surface area contributed by atoms with Gasteiger partial charge in [-0.2, -0.15) is 0 Å². The van der Waals surface area contributed by atoms with E-state index in [1.807, 2.05) is 13.0 Å². The van der Waals surface area contributed by atoms with Crippen LogP contribution < -0.4 is 5.32 Å². The van der Waals surface area contributed by atoms with E-state index in [0.29, 0.717) is 6.54 Å². The minimum Gasteiger partial charge on any atom is -0.388 e. The lowest BCUT2D eigenvalue weighted by Crippen LogP contribution is -2.43. The number of amides is 2. The number of nitrogens with one attached hydrogen (secondary N) is 1. The molecule has 0 spiro atoms. The molecule has 1 saturated carbocycles. The van der Waals surface area contributed by atoms with E-state index >= 15 is 0 Å². The number of aromatic nitrogens is 1. The molecule has 1 heterocycles. The van der Waals surface area contributed by atoms with Crippen LogP contribution in [0.4, 0.5) is 10.5 Å². The van der Waals surface area contributed by atoms with Crippen molar-refractivity contribution < 1.29 is 9.90 Å². The number of aliphatic hydroxyl groups is 1. The fourth-order valence-corrected chi connectivity index (χ4v) is 2.55. The molecular weight excluding hydrogens is 242 g/mol. The molecule has 1 aromatic heterocycles. The van der Waals surface area contributed by atoms with Crippen molar-refractivity contribution in [1.82, 2.24) is 9.88 Å². The van der Waals surface area contributed by atoms with E-state index in [9.17, 15) is 9.90 Å². The first-order valence-electron chi connectivity index (χ1n) is 6.66. The third-order valence-electron chi connectivity index (χ3n) is 3.56. The van der Waals surface area contributed by atoms with Gasteiger partial charge >= 0.3 is 6.03 Å². The Morgan fingerprint density at radius 2 is 2.21 bits per heavy atom. The Morgan fingerprint density at radius 1 is 1.53 bits per heavy atom. The summed E-state index contributed by atoms with van der Waals surface area (Å²) in [5.74, 6) is 0. The van der Waals surface area contributed by atoms with Crippen LogP contribution in [0.2, 0.25) is 0 Å². The summed E-state index contributed by atoms with van der Waals surface area (Å²) < 4.78 is 0. The van der Waals surface area contributed by atoms with Crippen LogP contribution >= 0.6 is 0 Å². The molecule has 0 bridgehead atoms. The van der Waals surface area contributed by atoms with Crippen molar-refractivity contribution in [2.75, 3.05) is 18.9 Å². The van der Waals surface area contributed by atoms with Gasteiger partial charge in [0.2, 0.25) is 0 Å². The molecule has 0 saturated heterocycles. The Bertz CT molecular complexity index is 456. The minimum atomic E-state index is -0.708. The van der Waals surface area contributed by atoms with Gasteiger partial charge in [-0.25, -0.2) is 4.79 Å². The highest BCUT2D eigenvalue weighted by atomic mass is 16.3. The normalized spacial score (nSPS) is 17.2. The zero-order chi connectivity index (χ0) is 13.9. The van der Waals surface area contributed by atoms with Crippen molar-refractivity contribution in [1.29, 1.82) is 0 Å². The Balaban J connectivity index is 1.92. The molecule has 2 amide bonds. The van der Waals surface area contributed by atoms with Crippen molar-refractivity contribution in [2.24, 2.45) is 0 Å². The number of likely N-dealkylation sites (N-methyl/N-ethyl adjacent to an activating group) is 1. The highest BCUT2D eigenvalue weighted by Crippen LogP contribution is 2.30. The standard InChI is InChI=1S/C14H21N3O2/c1-11-9-12(5-8-15-11)16-13(18)17(2)10-14(19)6-3-4-7-14/h5,8-9,19H,3-4,6-7,10H2,1-2H3,(H,15,16,18). The van der Waals surface area contributed by atoms with Crippen molar-refractivity contribution >= 4 is 11.7 Å². The van der Waals surface area contributed by atoms with E-state index in [-0.39, 0.29) is 6.03 Å². The van der Waals surface area contributed by atoms with E-state index in [1.165, 1.54) is 0 Å². The largest absolute Gasteiger partial charge is 0.388 e. The summed E-state index contributed by atoms with van der Waals surface area (Å²) in [4.78, 5) is 17.7. The van der Waals surface area contributed by atoms with Gasteiger partial charge in [-0.05, 0) is 31.9 Å². The number of carbonyl (C=O) groups excluding carboxylic acids is 1. The summed E-state index contributed by atoms with van der Waals surface area (Å²) in [6.45, 7) is 2.25. The van der Waals surface area contributed by atoms with Gasteiger partial charge in [0.15, 0.2) is 0 Å². The summed E-state index contributed by atoms with van der Waals surface area (Å²) in [7, 11) is 1.71. The predicted octanol–water partition coefficient (Wildman–Crippen LogP) is 2.16. The number of urea groups is 1. The van der Waals surface area contributed by atoms with Gasteiger partial charge in [0.25, 0.3) is 0 Å². The van der Waals surface area contributed by atoms with E-state index in [4.69, 9.17) is 0 Å². The molecule has 0 aromatic carbocycles. The Kier molecular flexibility index (Phi) is 4.04. The number of hydrogen-bond acceptors (Lipinski definition) is 3. The lowest BCUT2D eigenvalue weighted by molar-refractivity contribution is 0.0261. The maximum atomic E-state index is 12.0. The molecule has 1 aliphatic rings. The van der Waals surface area contributed by atoms with Gasteiger partial charge in [-0.3, -0.25) is 4.98 Å². The lowest BCUT2D eigenvalue weighted by atomic mass is 10.0. The zero-order valence-electron chi connectivity index (χ0n) is 11.5. The first-order valence-corrected chi connectivity index (χ1v) is 6.66. The van der Waals surface area contributed by atoms with E-state index in [2.05, 4.69) is 10.3 Å². The third kappa shape index (κ3) is 3.67. The molecule has 1 aliphatic carbocycles. The monoisotopic (exact) mass is 263 g/mol. The van der Waals surface area contributed by atoms with Gasteiger partial charge in [0.05, 0.1) is 12.1 Å². The quantitative estimate of drug-likeness (QED) is 0.878. The molecule has 5 nitrogen and oxygen atoms in total. The van der Waals surface area contributed by atoms with Gasteiger partial charge < -0.3 is 15.3 Å². The molecular formula is C14H21N3O2. The van der Waals surface area contributed by atoms with Gasteiger partial charge in [0.1, 0.15) is 0 Å². The van der Waals surface area contributed by atoms with Crippen LogP contribution in [0.1, 0.15) is 31.4 Å². The first-order chi connectivity index (χ1) is 8.98. The smallest absolute Gasteiger partial charge is 0.321 e. The zero-order valence-corrected chi connectivity index (χ0v) is 11.5. The highest BCUT2D eigenvalue weighted by molar-refractivity contribution is 5.89. The molecule has 0 unspecified atom stereocenters. The maximum Gasteiger partial charge on any atom is 0.321 e. The van der Waals surface area contributed by atoms with Crippen molar-refractivity contribution in [3.63, 3.8) is 0 Å². The fraction of sp³-hybridized carbons (Fsp3) is 0.571. The number of carbonyl (C=O) groups is 1. The molecule has 5 heteroatoms. The van der Waals surface area contributed by atoms with Crippen LogP contribution in [0.15, 0.2) is 18.3 Å². The second-order valence-corrected chi connectivity index (χ2v) is 5.40. The van der Waals surface area contributed by atoms with Crippen molar-refractivity contribution in [2.45, 2.75) is 38.2 Å². The van der Waals surface area contributed by atoms with Crippen LogP contribution in [-0.2, 0) is 0 Å². The van der Waals surface area contributed by atoms with Crippen LogP contribution in [0.25, 0.3) is 0 Å². The average Bonchev–Trinajstić information content (AvgIpc) is 2.75. The van der Waals surface area contributed by atoms with Crippen LogP contribution in [0.3, 0.4) is 0 Å². The van der Waals surface area contributed by atoms with Gasteiger partial charge in [0, 0.05) is 24.6 Å². The molecule has 0 radical (unpaired) electrons. The average molecular weight is 263 g/mol. The van der Waals surface area contributed by atoms with Crippen molar-refractivity contribution in [3.8, 4) is 0 Å². The molecule has 0 aliphatic heterocycles. The van der Waals surface area contributed by atoms with Crippen LogP contribution in [0, 0.1) is 6.92 Å². The van der Waals surface area contributed by atoms with E-state index in [0.717, 1.165) is 37.1 Å². The number of aryl methyl sites for hydroxylation is 1. The minimum absolute atomic E-state index is 0.203. The summed E-state index contributed by atoms with van der Waals surface area (Å²) in [5, 5.41) is 13.1. The number of hydrogen-bond donors (Lipinski definition) is 2. The fourth-order valence-electron chi connectivity index (χ4n) is 2.55. The summed E-state index contributed by atoms with van der Waals surface area (Å²) in [6, 6.07) is 3.37.